The molecule has 0 saturated heterocycles. The molecule has 2 saturated carbocycles. The Balaban J connectivity index is 1.69. The van der Waals surface area contributed by atoms with Crippen LogP contribution >= 0.6 is 0 Å². The molecule has 1 aromatic carbocycles. The van der Waals surface area contributed by atoms with Gasteiger partial charge in [-0.1, -0.05) is 23.5 Å². The van der Waals surface area contributed by atoms with Crippen molar-refractivity contribution in [2.45, 2.75) is 32.1 Å². The van der Waals surface area contributed by atoms with Gasteiger partial charge in [-0.3, -0.25) is 0 Å². The average Bonchev–Trinajstić information content (AvgIpc) is 2.42. The van der Waals surface area contributed by atoms with Crippen LogP contribution in [0.15, 0.2) is 23.8 Å². The predicted octanol–water partition coefficient (Wildman–Crippen LogP) is 4.16. The fraction of sp³-hybridized carbons (Fsp3) is 0.444. The van der Waals surface area contributed by atoms with Crippen molar-refractivity contribution in [3.63, 3.8) is 0 Å². The third-order valence-corrected chi connectivity index (χ3v) is 5.08. The largest absolute Gasteiger partial charge is 0.505 e. The molecule has 108 valence electrons. The van der Waals surface area contributed by atoms with Crippen molar-refractivity contribution in [1.82, 2.24) is 0 Å². The van der Waals surface area contributed by atoms with Crippen molar-refractivity contribution in [3.05, 3.63) is 41.0 Å². The first kappa shape index (κ1) is 12.9. The number of hydrogen-bond donors (Lipinski definition) is 1. The van der Waals surface area contributed by atoms with Crippen LogP contribution in [0.2, 0.25) is 0 Å². The smallest absolute Gasteiger partial charge is 0.201 e. The minimum Gasteiger partial charge on any atom is -0.505 e. The van der Waals surface area contributed by atoms with Gasteiger partial charge in [0.05, 0.1) is 5.56 Å². The summed E-state index contributed by atoms with van der Waals surface area (Å²) in [6.07, 6.45) is 7.96. The van der Waals surface area contributed by atoms with Crippen LogP contribution in [-0.4, -0.2) is 5.11 Å². The zero-order valence-electron chi connectivity index (χ0n) is 11.6. The highest BCUT2D eigenvalue weighted by Gasteiger charge is 2.46. The molecule has 3 heteroatoms. The summed E-state index contributed by atoms with van der Waals surface area (Å²) in [5.41, 5.74) is 1.49. The third kappa shape index (κ3) is 2.05. The summed E-state index contributed by atoms with van der Waals surface area (Å²) in [7, 11) is 0. The zero-order valence-corrected chi connectivity index (χ0v) is 11.6. The first-order valence-corrected chi connectivity index (χ1v) is 7.44. The maximum atomic E-state index is 13.8. The van der Waals surface area contributed by atoms with Gasteiger partial charge in [-0.2, -0.15) is 4.39 Å². The Morgan fingerprint density at radius 2 is 2.05 bits per heavy atom. The van der Waals surface area contributed by atoms with E-state index < -0.39 is 17.4 Å². The molecule has 3 atom stereocenters. The average molecular weight is 286 g/mol. The second-order valence-corrected chi connectivity index (χ2v) is 6.77. The summed E-state index contributed by atoms with van der Waals surface area (Å²) in [6, 6.07) is 2.51. The molecule has 1 N–H and O–H groups in total. The van der Waals surface area contributed by atoms with Gasteiger partial charge in [0, 0.05) is 5.41 Å². The zero-order chi connectivity index (χ0) is 14.6. The van der Waals surface area contributed by atoms with Crippen LogP contribution < -0.4 is 0 Å². The van der Waals surface area contributed by atoms with Gasteiger partial charge in [0.15, 0.2) is 11.6 Å². The van der Waals surface area contributed by atoms with Gasteiger partial charge in [0.25, 0.3) is 0 Å². The first-order valence-electron chi connectivity index (χ1n) is 7.44. The Morgan fingerprint density at radius 3 is 2.81 bits per heavy atom. The molecule has 5 rings (SSSR count). The molecule has 1 unspecified atom stereocenters. The summed E-state index contributed by atoms with van der Waals surface area (Å²) < 4.78 is 27.1. The van der Waals surface area contributed by atoms with Gasteiger partial charge < -0.3 is 5.11 Å². The predicted molar refractivity (Wildman–Crippen MR) is 75.5 cm³/mol. The lowest BCUT2D eigenvalue weighted by atomic mass is 9.54. The number of phenols is 1. The van der Waals surface area contributed by atoms with E-state index in [4.69, 9.17) is 5.11 Å². The normalized spacial score (nSPS) is 32.6. The van der Waals surface area contributed by atoms with E-state index in [0.717, 1.165) is 25.3 Å². The number of halogens is 2. The second kappa shape index (κ2) is 4.34. The molecule has 4 aliphatic rings. The maximum absolute atomic E-state index is 13.8. The van der Waals surface area contributed by atoms with Gasteiger partial charge in [0.1, 0.15) is 0 Å². The highest BCUT2D eigenvalue weighted by molar-refractivity contribution is 5.42. The highest BCUT2D eigenvalue weighted by atomic mass is 19.2. The van der Waals surface area contributed by atoms with Crippen molar-refractivity contribution in [3.8, 4) is 17.6 Å². The molecular formula is C18H16F2O. The van der Waals surface area contributed by atoms with E-state index in [1.54, 1.807) is 0 Å². The van der Waals surface area contributed by atoms with Crippen LogP contribution in [0.5, 0.6) is 5.75 Å². The molecule has 1 nitrogen and oxygen atoms in total. The van der Waals surface area contributed by atoms with E-state index in [1.165, 1.54) is 24.5 Å². The molecule has 0 spiro atoms. The van der Waals surface area contributed by atoms with Crippen molar-refractivity contribution in [2.75, 3.05) is 0 Å². The van der Waals surface area contributed by atoms with Crippen molar-refractivity contribution in [1.29, 1.82) is 0 Å². The minimum atomic E-state index is -1.21. The van der Waals surface area contributed by atoms with Gasteiger partial charge in [-0.25, -0.2) is 4.39 Å². The van der Waals surface area contributed by atoms with E-state index in [2.05, 4.69) is 17.9 Å². The standard InChI is InChI=1S/C18H16F2O/c19-16-14(1-2-15(21)17(16)20)3-4-18-8-11-5-12(9-18)7-13(6-11)10-18/h1-2,5,11,13,21H,6-10H2/t11?,13-,18+/m0/s1. The monoisotopic (exact) mass is 286 g/mol. The number of allylic oxidation sites excluding steroid dienone is 2. The molecule has 4 aliphatic carbocycles. The van der Waals surface area contributed by atoms with Crippen molar-refractivity contribution < 1.29 is 13.9 Å². The molecule has 0 aliphatic heterocycles. The van der Waals surface area contributed by atoms with E-state index in [0.29, 0.717) is 11.8 Å². The molecule has 0 aromatic heterocycles. The van der Waals surface area contributed by atoms with E-state index in [1.807, 2.05) is 0 Å². The van der Waals surface area contributed by atoms with E-state index in [9.17, 15) is 8.78 Å². The minimum absolute atomic E-state index is 0.0371. The van der Waals surface area contributed by atoms with Crippen LogP contribution in [0.4, 0.5) is 8.78 Å². The number of hydrogen-bond acceptors (Lipinski definition) is 1. The highest BCUT2D eigenvalue weighted by Crippen LogP contribution is 2.56. The lowest BCUT2D eigenvalue weighted by Crippen LogP contribution is -2.40. The van der Waals surface area contributed by atoms with Crippen molar-refractivity contribution >= 4 is 0 Å². The summed E-state index contributed by atoms with van der Waals surface area (Å²) in [6.45, 7) is 0. The topological polar surface area (TPSA) is 20.2 Å². The number of phenolic OH excluding ortho intramolecular Hbond substituents is 1. The summed E-state index contributed by atoms with van der Waals surface area (Å²) in [5.74, 6) is 4.49. The van der Waals surface area contributed by atoms with E-state index in [-0.39, 0.29) is 11.0 Å². The number of aromatic hydroxyl groups is 1. The SMILES string of the molecule is Oc1ccc(C#C[C@@]23CC4=CC(C[C@@H](C4)C2)C3)c(F)c1F. The van der Waals surface area contributed by atoms with Crippen LogP contribution in [0.1, 0.15) is 37.7 Å². The van der Waals surface area contributed by atoms with Gasteiger partial charge in [0.2, 0.25) is 5.82 Å². The molecule has 0 amide bonds. The Kier molecular flexibility index (Phi) is 2.66. The fourth-order valence-corrected chi connectivity index (χ4v) is 4.48. The van der Waals surface area contributed by atoms with Crippen molar-refractivity contribution in [2.24, 2.45) is 17.3 Å². The molecule has 4 bridgehead atoms. The van der Waals surface area contributed by atoms with Gasteiger partial charge in [-0.05, 0) is 56.1 Å². The summed E-state index contributed by atoms with van der Waals surface area (Å²) in [5, 5.41) is 9.15. The Labute approximate surface area is 122 Å². The van der Waals surface area contributed by atoms with Gasteiger partial charge in [-0.15, -0.1) is 0 Å². The quantitative estimate of drug-likeness (QED) is 0.561. The lowest BCUT2D eigenvalue weighted by Gasteiger charge is -2.50. The first-order chi connectivity index (χ1) is 10.0. The maximum Gasteiger partial charge on any atom is 0.201 e. The summed E-state index contributed by atoms with van der Waals surface area (Å²) in [4.78, 5) is 0. The molecule has 1 aromatic rings. The Hall–Kier alpha value is -1.82. The second-order valence-electron chi connectivity index (χ2n) is 6.77. The van der Waals surface area contributed by atoms with Crippen LogP contribution in [-0.2, 0) is 0 Å². The van der Waals surface area contributed by atoms with Crippen LogP contribution in [0, 0.1) is 40.7 Å². The third-order valence-electron chi connectivity index (χ3n) is 5.08. The lowest BCUT2D eigenvalue weighted by molar-refractivity contribution is 0.114. The molecule has 0 radical (unpaired) electrons. The molecular weight excluding hydrogens is 270 g/mol. The van der Waals surface area contributed by atoms with Crippen LogP contribution in [0.3, 0.4) is 0 Å². The summed E-state index contributed by atoms with van der Waals surface area (Å²) >= 11 is 0. The fourth-order valence-electron chi connectivity index (χ4n) is 4.48. The molecule has 0 heterocycles. The van der Waals surface area contributed by atoms with Gasteiger partial charge >= 0.3 is 0 Å². The number of rotatable bonds is 0. The molecule has 2 fully saturated rings. The van der Waals surface area contributed by atoms with Crippen LogP contribution in [0.25, 0.3) is 0 Å². The molecule has 21 heavy (non-hydrogen) atoms. The Bertz CT molecular complexity index is 710. The Morgan fingerprint density at radius 1 is 1.19 bits per heavy atom. The van der Waals surface area contributed by atoms with E-state index >= 15 is 0 Å². The number of benzene rings is 1.